The summed E-state index contributed by atoms with van der Waals surface area (Å²) in [5, 5.41) is 8.86. The minimum atomic E-state index is -0.756. The molecule has 1 aliphatic carbocycles. The topological polar surface area (TPSA) is 49.8 Å². The fourth-order valence-corrected chi connectivity index (χ4v) is 3.28. The maximum Gasteiger partial charge on any atom is 0.317 e. The number of aliphatic carboxylic acids is 1. The Kier molecular flexibility index (Phi) is 7.18. The van der Waals surface area contributed by atoms with Crippen molar-refractivity contribution >= 4 is 18.4 Å². The van der Waals surface area contributed by atoms with Crippen LogP contribution in [0, 0.1) is 5.41 Å². The van der Waals surface area contributed by atoms with Gasteiger partial charge in [0.15, 0.2) is 0 Å². The number of hydrogen-bond donors (Lipinski definition) is 1. The van der Waals surface area contributed by atoms with Crippen LogP contribution in [0.4, 0.5) is 0 Å². The molecule has 1 saturated carbocycles. The molecule has 0 spiro atoms. The smallest absolute Gasteiger partial charge is 0.317 e. The van der Waals surface area contributed by atoms with Gasteiger partial charge in [-0.15, -0.1) is 12.4 Å². The van der Waals surface area contributed by atoms with Crippen molar-refractivity contribution in [3.63, 3.8) is 0 Å². The second-order valence-electron chi connectivity index (χ2n) is 4.94. The largest absolute Gasteiger partial charge is 0.480 e. The number of rotatable bonds is 7. The number of ether oxygens (including phenoxy) is 1. The molecule has 5 heteroatoms. The minimum absolute atomic E-state index is 0. The standard InChI is InChI=1S/C13H25NO3.ClH/c1-5-13(6-2)10(8-11(13)17-7-3)14(4)9-12(15)16;/h10-11H,5-9H2,1-4H3,(H,15,16);1H. The van der Waals surface area contributed by atoms with Crippen LogP contribution in [0.15, 0.2) is 0 Å². The molecule has 18 heavy (non-hydrogen) atoms. The van der Waals surface area contributed by atoms with E-state index in [4.69, 9.17) is 9.84 Å². The van der Waals surface area contributed by atoms with Gasteiger partial charge in [0.25, 0.3) is 0 Å². The lowest BCUT2D eigenvalue weighted by atomic mass is 9.58. The average Bonchev–Trinajstić information content (AvgIpc) is 2.24. The third kappa shape index (κ3) is 3.16. The normalized spacial score (nSPS) is 25.4. The zero-order valence-electron chi connectivity index (χ0n) is 11.8. The van der Waals surface area contributed by atoms with Crippen LogP contribution in [0.25, 0.3) is 0 Å². The summed E-state index contributed by atoms with van der Waals surface area (Å²) < 4.78 is 5.79. The highest BCUT2D eigenvalue weighted by Gasteiger charge is 2.54. The molecule has 2 unspecified atom stereocenters. The van der Waals surface area contributed by atoms with Crippen molar-refractivity contribution in [2.75, 3.05) is 20.2 Å². The van der Waals surface area contributed by atoms with Crippen LogP contribution in [0.1, 0.15) is 40.0 Å². The van der Waals surface area contributed by atoms with Gasteiger partial charge in [-0.2, -0.15) is 0 Å². The lowest BCUT2D eigenvalue weighted by molar-refractivity contribution is -0.172. The molecular weight excluding hydrogens is 254 g/mol. The molecule has 1 aliphatic rings. The molecule has 0 bridgehead atoms. The third-order valence-electron chi connectivity index (χ3n) is 4.34. The van der Waals surface area contributed by atoms with Crippen molar-refractivity contribution in [2.45, 2.75) is 52.2 Å². The molecule has 1 N–H and O–H groups in total. The van der Waals surface area contributed by atoms with Gasteiger partial charge in [0.2, 0.25) is 0 Å². The Hall–Kier alpha value is -0.320. The van der Waals surface area contributed by atoms with Crippen LogP contribution < -0.4 is 0 Å². The van der Waals surface area contributed by atoms with E-state index in [1.54, 1.807) is 0 Å². The molecule has 0 aromatic carbocycles. The predicted octanol–water partition coefficient (Wildman–Crippen LogP) is 2.41. The van der Waals surface area contributed by atoms with Crippen molar-refractivity contribution in [1.82, 2.24) is 4.90 Å². The summed E-state index contributed by atoms with van der Waals surface area (Å²) in [5.74, 6) is -0.756. The first kappa shape index (κ1) is 17.7. The van der Waals surface area contributed by atoms with Crippen LogP contribution in [0.2, 0.25) is 0 Å². The molecule has 0 heterocycles. The molecule has 0 aromatic heterocycles. The third-order valence-corrected chi connectivity index (χ3v) is 4.34. The lowest BCUT2D eigenvalue weighted by Crippen LogP contribution is -2.64. The van der Waals surface area contributed by atoms with Gasteiger partial charge in [-0.3, -0.25) is 9.69 Å². The van der Waals surface area contributed by atoms with E-state index in [2.05, 4.69) is 13.8 Å². The Morgan fingerprint density at radius 3 is 2.33 bits per heavy atom. The second-order valence-corrected chi connectivity index (χ2v) is 4.94. The van der Waals surface area contributed by atoms with Gasteiger partial charge in [0.1, 0.15) is 0 Å². The molecule has 0 saturated heterocycles. The molecule has 4 nitrogen and oxygen atoms in total. The Labute approximate surface area is 116 Å². The fourth-order valence-electron chi connectivity index (χ4n) is 3.28. The quantitative estimate of drug-likeness (QED) is 0.777. The first-order chi connectivity index (χ1) is 8.01. The van der Waals surface area contributed by atoms with Crippen molar-refractivity contribution in [1.29, 1.82) is 0 Å². The summed E-state index contributed by atoms with van der Waals surface area (Å²) in [5.41, 5.74) is 0.139. The van der Waals surface area contributed by atoms with Crippen molar-refractivity contribution in [3.05, 3.63) is 0 Å². The Morgan fingerprint density at radius 2 is 1.94 bits per heavy atom. The highest BCUT2D eigenvalue weighted by Crippen LogP contribution is 2.50. The number of nitrogens with zero attached hydrogens (tertiary/aromatic N) is 1. The fraction of sp³-hybridized carbons (Fsp3) is 0.923. The number of likely N-dealkylation sites (N-methyl/N-ethyl adjacent to an activating group) is 1. The van der Waals surface area contributed by atoms with Crippen LogP contribution in [0.5, 0.6) is 0 Å². The lowest BCUT2D eigenvalue weighted by Gasteiger charge is -2.58. The molecular formula is C13H26ClNO3. The molecule has 1 rings (SSSR count). The van der Waals surface area contributed by atoms with Crippen LogP contribution in [0.3, 0.4) is 0 Å². The molecule has 2 atom stereocenters. The predicted molar refractivity (Wildman–Crippen MR) is 74.3 cm³/mol. The summed E-state index contributed by atoms with van der Waals surface area (Å²) in [7, 11) is 1.90. The maximum absolute atomic E-state index is 10.8. The van der Waals surface area contributed by atoms with E-state index in [1.165, 1.54) is 0 Å². The van der Waals surface area contributed by atoms with Gasteiger partial charge in [-0.1, -0.05) is 13.8 Å². The van der Waals surface area contributed by atoms with Crippen molar-refractivity contribution in [3.8, 4) is 0 Å². The van der Waals surface area contributed by atoms with E-state index in [-0.39, 0.29) is 24.4 Å². The Bertz CT molecular complexity index is 269. The minimum Gasteiger partial charge on any atom is -0.480 e. The Morgan fingerprint density at radius 1 is 1.39 bits per heavy atom. The van der Waals surface area contributed by atoms with Gasteiger partial charge in [-0.25, -0.2) is 0 Å². The second kappa shape index (κ2) is 7.31. The van der Waals surface area contributed by atoms with E-state index in [0.29, 0.717) is 12.1 Å². The summed E-state index contributed by atoms with van der Waals surface area (Å²) in [6.07, 6.45) is 3.34. The first-order valence-corrected chi connectivity index (χ1v) is 6.55. The molecule has 1 fully saturated rings. The Balaban J connectivity index is 0.00000289. The average molecular weight is 280 g/mol. The molecule has 108 valence electrons. The number of hydrogen-bond acceptors (Lipinski definition) is 3. The summed E-state index contributed by atoms with van der Waals surface area (Å²) in [6, 6.07) is 0.338. The molecule has 0 aromatic rings. The van der Waals surface area contributed by atoms with Gasteiger partial charge in [-0.05, 0) is 33.2 Å². The summed E-state index contributed by atoms with van der Waals surface area (Å²) in [6.45, 7) is 7.23. The van der Waals surface area contributed by atoms with Crippen LogP contribution in [-0.2, 0) is 9.53 Å². The monoisotopic (exact) mass is 279 g/mol. The number of carboxylic acids is 1. The SMILES string of the molecule is CCOC1CC(N(C)CC(=O)O)C1(CC)CC.Cl. The highest BCUT2D eigenvalue weighted by molar-refractivity contribution is 5.85. The van der Waals surface area contributed by atoms with Crippen LogP contribution in [-0.4, -0.2) is 48.3 Å². The van der Waals surface area contributed by atoms with Gasteiger partial charge >= 0.3 is 5.97 Å². The summed E-state index contributed by atoms with van der Waals surface area (Å²) in [4.78, 5) is 12.7. The zero-order chi connectivity index (χ0) is 13.1. The van der Waals surface area contributed by atoms with Crippen molar-refractivity contribution in [2.24, 2.45) is 5.41 Å². The highest BCUT2D eigenvalue weighted by atomic mass is 35.5. The van der Waals surface area contributed by atoms with E-state index in [0.717, 1.165) is 25.9 Å². The van der Waals surface area contributed by atoms with E-state index < -0.39 is 5.97 Å². The number of carbonyl (C=O) groups is 1. The first-order valence-electron chi connectivity index (χ1n) is 6.55. The summed E-state index contributed by atoms with van der Waals surface area (Å²) >= 11 is 0. The van der Waals surface area contributed by atoms with Crippen molar-refractivity contribution < 1.29 is 14.6 Å². The molecule has 0 aliphatic heterocycles. The zero-order valence-corrected chi connectivity index (χ0v) is 12.6. The van der Waals surface area contributed by atoms with E-state index in [9.17, 15) is 4.79 Å². The van der Waals surface area contributed by atoms with Gasteiger partial charge < -0.3 is 9.84 Å². The van der Waals surface area contributed by atoms with Gasteiger partial charge in [0.05, 0.1) is 12.6 Å². The molecule has 0 radical (unpaired) electrons. The van der Waals surface area contributed by atoms with Crippen LogP contribution >= 0.6 is 12.4 Å². The van der Waals surface area contributed by atoms with E-state index >= 15 is 0 Å². The number of halogens is 1. The van der Waals surface area contributed by atoms with E-state index in [1.807, 2.05) is 18.9 Å². The molecule has 0 amide bonds. The van der Waals surface area contributed by atoms with Gasteiger partial charge in [0, 0.05) is 18.1 Å². The maximum atomic E-state index is 10.8. The number of carboxylic acid groups (broad SMARTS) is 1.